The van der Waals surface area contributed by atoms with Gasteiger partial charge in [-0.1, -0.05) is 42.5 Å². The topological polar surface area (TPSA) is 231 Å². The van der Waals surface area contributed by atoms with Gasteiger partial charge in [-0.25, -0.2) is 9.78 Å². The lowest BCUT2D eigenvalue weighted by Crippen LogP contribution is -2.56. The summed E-state index contributed by atoms with van der Waals surface area (Å²) in [5.74, 6) is -5.06. The molecule has 4 N–H and O–H groups in total. The molecule has 4 aromatic rings. The highest BCUT2D eigenvalue weighted by Gasteiger charge is 2.48. The van der Waals surface area contributed by atoms with Crippen LogP contribution in [0.4, 0.5) is 0 Å². The number of pyridine rings is 1. The van der Waals surface area contributed by atoms with E-state index in [1.165, 1.54) is 37.6 Å². The van der Waals surface area contributed by atoms with E-state index < -0.39 is 59.4 Å². The molecule has 0 bridgehead atoms. The van der Waals surface area contributed by atoms with Gasteiger partial charge in [0.15, 0.2) is 18.1 Å². The van der Waals surface area contributed by atoms with Crippen molar-refractivity contribution in [3.05, 3.63) is 113 Å². The molecule has 2 fully saturated rings. The van der Waals surface area contributed by atoms with Crippen molar-refractivity contribution in [2.45, 2.75) is 56.1 Å². The molecule has 1 unspecified atom stereocenters. The molecule has 2 saturated heterocycles. The number of hydrogen-bond acceptors (Lipinski definition) is 12. The quantitative estimate of drug-likeness (QED) is 0.133. The molecule has 7 amide bonds. The molecule has 0 saturated carbocycles. The van der Waals surface area contributed by atoms with E-state index in [1.807, 2.05) is 24.3 Å². The van der Waals surface area contributed by atoms with Crippen molar-refractivity contribution in [3.63, 3.8) is 0 Å². The Labute approximate surface area is 348 Å². The molecule has 1 aromatic heterocycles. The van der Waals surface area contributed by atoms with Crippen LogP contribution in [0.15, 0.2) is 79.0 Å². The Hall–Kier alpha value is -7.43. The minimum absolute atomic E-state index is 0.00837. The van der Waals surface area contributed by atoms with Crippen LogP contribution in [-0.2, 0) is 36.8 Å². The summed E-state index contributed by atoms with van der Waals surface area (Å²) >= 11 is 0. The first kappa shape index (κ1) is 40.4. The number of benzene rings is 3. The summed E-state index contributed by atoms with van der Waals surface area (Å²) in [7, 11) is 1.25. The van der Waals surface area contributed by atoms with Crippen molar-refractivity contribution in [1.82, 2.24) is 30.7 Å². The van der Waals surface area contributed by atoms with Gasteiger partial charge in [-0.2, -0.15) is 0 Å². The van der Waals surface area contributed by atoms with E-state index in [0.717, 1.165) is 16.0 Å². The van der Waals surface area contributed by atoms with Crippen LogP contribution in [0.1, 0.15) is 78.4 Å². The van der Waals surface area contributed by atoms with Crippen LogP contribution in [-0.4, -0.2) is 112 Å². The molecule has 4 heterocycles. The molecule has 312 valence electrons. The van der Waals surface area contributed by atoms with Crippen molar-refractivity contribution >= 4 is 47.3 Å². The lowest BCUT2D eigenvalue weighted by Gasteiger charge is -2.32. The van der Waals surface area contributed by atoms with Gasteiger partial charge < -0.3 is 30.1 Å². The molecule has 17 heteroatoms. The maximum absolute atomic E-state index is 13.5. The van der Waals surface area contributed by atoms with Gasteiger partial charge >= 0.3 is 5.97 Å². The Bertz CT molecular complexity index is 2490. The molecule has 3 aliphatic heterocycles. The SMILES string of the molecule is COC(=O)C1(NC(=O)c2nccc(-c3ccc(C(=O)NC4CCN(C(=O)COc5cccc6c5C(=O)N(C5CCC(=O)NC5=O)C6=O)CC4)cc3)c2O)Cc2ccccc2C1. The van der Waals surface area contributed by atoms with E-state index in [1.54, 1.807) is 29.2 Å². The number of esters is 1. The summed E-state index contributed by atoms with van der Waals surface area (Å²) in [6, 6.07) is 18.5. The maximum atomic E-state index is 13.5. The fraction of sp³-hybridized carbons (Fsp3) is 0.295. The zero-order valence-corrected chi connectivity index (χ0v) is 32.9. The fourth-order valence-corrected chi connectivity index (χ4v) is 8.40. The first-order valence-corrected chi connectivity index (χ1v) is 19.7. The molecule has 0 spiro atoms. The van der Waals surface area contributed by atoms with Crippen molar-refractivity contribution < 1.29 is 52.9 Å². The predicted octanol–water partition coefficient (Wildman–Crippen LogP) is 2.10. The van der Waals surface area contributed by atoms with Crippen LogP contribution < -0.4 is 20.7 Å². The van der Waals surface area contributed by atoms with Crippen molar-refractivity contribution in [2.75, 3.05) is 26.8 Å². The standard InChI is InChI=1S/C44H40N6O11/c1-60-43(59)44(21-26-5-2-3-6-27(26)22-44)48-40(56)36-37(53)29(15-18-45-36)24-9-11-25(12-10-24)38(54)46-28-16-19-49(20-17-28)34(52)23-61-32-8-4-7-30-35(32)42(58)50(41(30)57)31-13-14-33(51)47-39(31)55/h2-12,15,18,28,31,53H,13-14,16-17,19-23H2,1H3,(H,46,54)(H,48,56)(H,47,51,55). The molecule has 8 rings (SSSR count). The van der Waals surface area contributed by atoms with Gasteiger partial charge in [0.25, 0.3) is 29.5 Å². The maximum Gasteiger partial charge on any atom is 0.332 e. The van der Waals surface area contributed by atoms with Crippen LogP contribution in [0.3, 0.4) is 0 Å². The van der Waals surface area contributed by atoms with E-state index in [0.29, 0.717) is 42.6 Å². The third-order valence-electron chi connectivity index (χ3n) is 11.6. The van der Waals surface area contributed by atoms with Crippen LogP contribution in [0.25, 0.3) is 11.1 Å². The average molecular weight is 829 g/mol. The Morgan fingerprint density at radius 1 is 0.852 bits per heavy atom. The number of aromatic hydroxyl groups is 1. The van der Waals surface area contributed by atoms with Crippen LogP contribution in [0.2, 0.25) is 0 Å². The van der Waals surface area contributed by atoms with E-state index in [4.69, 9.17) is 9.47 Å². The van der Waals surface area contributed by atoms with Gasteiger partial charge in [0, 0.05) is 55.7 Å². The summed E-state index contributed by atoms with van der Waals surface area (Å²) < 4.78 is 10.8. The number of carbonyl (C=O) groups is 8. The fourth-order valence-electron chi connectivity index (χ4n) is 8.40. The normalized spacial score (nSPS) is 18.2. The molecule has 3 aromatic carbocycles. The molecule has 4 aliphatic rings. The van der Waals surface area contributed by atoms with Crippen LogP contribution in [0, 0.1) is 0 Å². The van der Waals surface area contributed by atoms with E-state index >= 15 is 0 Å². The minimum Gasteiger partial charge on any atom is -0.505 e. The van der Waals surface area contributed by atoms with Gasteiger partial charge in [0.1, 0.15) is 17.3 Å². The monoisotopic (exact) mass is 828 g/mol. The van der Waals surface area contributed by atoms with E-state index in [9.17, 15) is 43.5 Å². The summed E-state index contributed by atoms with van der Waals surface area (Å²) in [5, 5.41) is 19.1. The second-order valence-electron chi connectivity index (χ2n) is 15.3. The molecular formula is C44H40N6O11. The van der Waals surface area contributed by atoms with Gasteiger partial charge in [-0.3, -0.25) is 43.8 Å². The number of hydrogen-bond donors (Lipinski definition) is 4. The number of amides is 7. The van der Waals surface area contributed by atoms with Crippen molar-refractivity contribution in [2.24, 2.45) is 0 Å². The van der Waals surface area contributed by atoms with Crippen LogP contribution >= 0.6 is 0 Å². The molecular weight excluding hydrogens is 789 g/mol. The van der Waals surface area contributed by atoms with E-state index in [2.05, 4.69) is 20.9 Å². The smallest absolute Gasteiger partial charge is 0.332 e. The number of aromatic nitrogens is 1. The van der Waals surface area contributed by atoms with Gasteiger partial charge in [-0.15, -0.1) is 0 Å². The number of likely N-dealkylation sites (tertiary alicyclic amines) is 1. The number of methoxy groups -OCH3 is 1. The number of fused-ring (bicyclic) bond motifs is 2. The molecule has 1 atom stereocenters. The summed E-state index contributed by atoms with van der Waals surface area (Å²) in [6.45, 7) is 0.233. The molecule has 17 nitrogen and oxygen atoms in total. The highest BCUT2D eigenvalue weighted by atomic mass is 16.5. The third kappa shape index (κ3) is 7.65. The lowest BCUT2D eigenvalue weighted by atomic mass is 9.95. The number of ether oxygens (including phenoxy) is 2. The highest BCUT2D eigenvalue weighted by molar-refractivity contribution is 6.24. The zero-order valence-electron chi connectivity index (χ0n) is 32.9. The number of piperidine rings is 2. The Morgan fingerprint density at radius 3 is 2.23 bits per heavy atom. The average Bonchev–Trinajstić information content (AvgIpc) is 3.77. The molecule has 1 aliphatic carbocycles. The number of rotatable bonds is 10. The minimum atomic E-state index is -1.36. The van der Waals surface area contributed by atoms with Gasteiger partial charge in [0.2, 0.25) is 11.8 Å². The highest BCUT2D eigenvalue weighted by Crippen LogP contribution is 2.36. The first-order valence-electron chi connectivity index (χ1n) is 19.7. The second kappa shape index (κ2) is 16.3. The summed E-state index contributed by atoms with van der Waals surface area (Å²) in [5.41, 5.74) is 1.32. The Morgan fingerprint density at radius 2 is 1.56 bits per heavy atom. The number of imide groups is 2. The Kier molecular flexibility index (Phi) is 10.8. The zero-order chi connectivity index (χ0) is 43.0. The number of nitrogens with one attached hydrogen (secondary N) is 3. The second-order valence-corrected chi connectivity index (χ2v) is 15.3. The van der Waals surface area contributed by atoms with Gasteiger partial charge in [0.05, 0.1) is 18.2 Å². The summed E-state index contributed by atoms with van der Waals surface area (Å²) in [6.07, 6.45) is 2.73. The molecule has 0 radical (unpaired) electrons. The first-order chi connectivity index (χ1) is 29.4. The number of nitrogens with zero attached hydrogens (tertiary/aromatic N) is 3. The lowest BCUT2D eigenvalue weighted by molar-refractivity contribution is -0.148. The Balaban J connectivity index is 0.841. The van der Waals surface area contributed by atoms with Crippen molar-refractivity contribution in [1.29, 1.82) is 0 Å². The van der Waals surface area contributed by atoms with Crippen LogP contribution in [0.5, 0.6) is 11.5 Å². The van der Waals surface area contributed by atoms with E-state index in [-0.39, 0.29) is 66.1 Å². The predicted molar refractivity (Wildman–Crippen MR) is 213 cm³/mol. The number of carbonyl (C=O) groups excluding carboxylic acids is 8. The van der Waals surface area contributed by atoms with Crippen molar-refractivity contribution in [3.8, 4) is 22.6 Å². The molecule has 61 heavy (non-hydrogen) atoms. The van der Waals surface area contributed by atoms with Gasteiger partial charge in [-0.05, 0) is 66.3 Å². The summed E-state index contributed by atoms with van der Waals surface area (Å²) in [4.78, 5) is 110. The largest absolute Gasteiger partial charge is 0.505 e. The third-order valence-corrected chi connectivity index (χ3v) is 11.6.